The van der Waals surface area contributed by atoms with E-state index in [0.717, 1.165) is 22.8 Å². The first-order chi connectivity index (χ1) is 16.4. The van der Waals surface area contributed by atoms with Crippen molar-refractivity contribution in [3.05, 3.63) is 59.7 Å². The molecule has 0 radical (unpaired) electrons. The summed E-state index contributed by atoms with van der Waals surface area (Å²) in [6, 6.07) is 14.7. The van der Waals surface area contributed by atoms with Gasteiger partial charge in [0.15, 0.2) is 5.84 Å². The number of aliphatic imine (C=N–C) groups is 1. The second-order valence-electron chi connectivity index (χ2n) is 8.06. The van der Waals surface area contributed by atoms with Crippen LogP contribution in [0.3, 0.4) is 0 Å². The Morgan fingerprint density at radius 3 is 2.47 bits per heavy atom. The Bertz CT molecular complexity index is 1170. The van der Waals surface area contributed by atoms with Crippen molar-refractivity contribution in [2.75, 3.05) is 20.3 Å². The molecule has 0 spiro atoms. The number of amidine groups is 2. The summed E-state index contributed by atoms with van der Waals surface area (Å²) >= 11 is 1.35. The molecule has 0 saturated heterocycles. The molecule has 8 nitrogen and oxygen atoms in total. The lowest BCUT2D eigenvalue weighted by Crippen LogP contribution is -2.35. The predicted molar refractivity (Wildman–Crippen MR) is 135 cm³/mol. The molecule has 2 aromatic rings. The van der Waals surface area contributed by atoms with Crippen LogP contribution in [0.5, 0.6) is 17.2 Å². The van der Waals surface area contributed by atoms with Gasteiger partial charge in [-0.2, -0.15) is 15.1 Å². The normalized spacial score (nSPS) is 16.5. The maximum absolute atomic E-state index is 12.5. The van der Waals surface area contributed by atoms with Crippen LogP contribution >= 0.6 is 11.8 Å². The Morgan fingerprint density at radius 1 is 1.06 bits per heavy atom. The van der Waals surface area contributed by atoms with Crippen molar-refractivity contribution in [2.24, 2.45) is 16.0 Å². The lowest BCUT2D eigenvalue weighted by Gasteiger charge is -2.20. The van der Waals surface area contributed by atoms with Gasteiger partial charge in [-0.15, -0.1) is 0 Å². The smallest absolute Gasteiger partial charge is 0.283 e. The number of ether oxygens (including phenoxy) is 3. The van der Waals surface area contributed by atoms with Gasteiger partial charge in [0.1, 0.15) is 35.5 Å². The summed E-state index contributed by atoms with van der Waals surface area (Å²) in [6.45, 7) is 4.97. The minimum absolute atomic E-state index is 0.0382. The van der Waals surface area contributed by atoms with Gasteiger partial charge in [0, 0.05) is 12.5 Å². The molecule has 0 saturated carbocycles. The number of nitrogens with zero attached hydrogens (tertiary/aromatic N) is 3. The van der Waals surface area contributed by atoms with E-state index in [1.807, 2.05) is 48.5 Å². The fraction of sp³-hybridized carbons (Fsp3) is 0.280. The van der Waals surface area contributed by atoms with Gasteiger partial charge >= 0.3 is 0 Å². The Balaban J connectivity index is 1.34. The van der Waals surface area contributed by atoms with Crippen LogP contribution in [-0.2, 0) is 4.79 Å². The highest BCUT2D eigenvalue weighted by Crippen LogP contribution is 2.30. The molecular formula is C25H26N4O4S. The highest BCUT2D eigenvalue weighted by molar-refractivity contribution is 8.26. The number of benzene rings is 2. The molecular weight excluding hydrogens is 452 g/mol. The van der Waals surface area contributed by atoms with Crippen molar-refractivity contribution in [2.45, 2.75) is 20.3 Å². The first-order valence-electron chi connectivity index (χ1n) is 10.9. The van der Waals surface area contributed by atoms with E-state index in [1.165, 1.54) is 16.8 Å². The van der Waals surface area contributed by atoms with Gasteiger partial charge in [-0.25, -0.2) is 0 Å². The molecule has 176 valence electrons. The van der Waals surface area contributed by atoms with Crippen molar-refractivity contribution in [1.82, 2.24) is 5.01 Å². The molecule has 9 heteroatoms. The Hall–Kier alpha value is -3.59. The summed E-state index contributed by atoms with van der Waals surface area (Å²) < 4.78 is 16.6. The topological polar surface area (TPSA) is 96.6 Å². The van der Waals surface area contributed by atoms with E-state index >= 15 is 0 Å². The summed E-state index contributed by atoms with van der Waals surface area (Å²) in [7, 11) is 1.61. The van der Waals surface area contributed by atoms with E-state index in [4.69, 9.17) is 19.6 Å². The SMILES string of the molecule is COc1cccc(OCCOc2ccc(/C=C3/C(=N)N4N=C(CC(C)C)SC4=NC3=O)cc2)c1. The summed E-state index contributed by atoms with van der Waals surface area (Å²) in [5.41, 5.74) is 0.976. The lowest BCUT2D eigenvalue weighted by atomic mass is 10.1. The third-order valence-electron chi connectivity index (χ3n) is 4.93. The van der Waals surface area contributed by atoms with E-state index in [-0.39, 0.29) is 11.4 Å². The summed E-state index contributed by atoms with van der Waals surface area (Å²) in [4.78, 5) is 16.7. The van der Waals surface area contributed by atoms with Crippen LogP contribution in [0.1, 0.15) is 25.8 Å². The van der Waals surface area contributed by atoms with Gasteiger partial charge in [-0.1, -0.05) is 32.0 Å². The van der Waals surface area contributed by atoms with Gasteiger partial charge in [0.2, 0.25) is 5.17 Å². The zero-order valence-corrected chi connectivity index (χ0v) is 20.1. The number of rotatable bonds is 9. The molecule has 0 aromatic heterocycles. The number of hydrazone groups is 1. The van der Waals surface area contributed by atoms with Crippen molar-refractivity contribution < 1.29 is 19.0 Å². The third kappa shape index (κ3) is 5.66. The molecule has 2 heterocycles. The Kier molecular flexibility index (Phi) is 7.32. The molecule has 2 aliphatic heterocycles. The van der Waals surface area contributed by atoms with Crippen LogP contribution in [0.2, 0.25) is 0 Å². The molecule has 2 aliphatic rings. The van der Waals surface area contributed by atoms with Gasteiger partial charge in [-0.05, 0) is 53.6 Å². The molecule has 0 unspecified atom stereocenters. The number of amides is 1. The predicted octanol–water partition coefficient (Wildman–Crippen LogP) is 4.82. The minimum Gasteiger partial charge on any atom is -0.497 e. The molecule has 34 heavy (non-hydrogen) atoms. The first-order valence-corrected chi connectivity index (χ1v) is 11.7. The standard InChI is InChI=1S/C25H26N4O4S/c1-16(2)13-22-28-29-23(26)21(24(30)27-25(29)34-22)14-17-7-9-18(10-8-17)32-11-12-33-20-6-4-5-19(15-20)31-3/h4-10,14-16,26H,11-13H2,1-3H3/b21-14-,26-23?. The second kappa shape index (κ2) is 10.6. The average molecular weight is 479 g/mol. The Morgan fingerprint density at radius 2 is 1.76 bits per heavy atom. The number of carbonyl (C=O) groups excluding carboxylic acids is 1. The van der Waals surface area contributed by atoms with Crippen molar-refractivity contribution in [1.29, 1.82) is 5.41 Å². The second-order valence-corrected chi connectivity index (χ2v) is 9.10. The van der Waals surface area contributed by atoms with Gasteiger partial charge < -0.3 is 14.2 Å². The molecule has 1 N–H and O–H groups in total. The quantitative estimate of drug-likeness (QED) is 0.410. The monoisotopic (exact) mass is 478 g/mol. The maximum Gasteiger partial charge on any atom is 0.283 e. The van der Waals surface area contributed by atoms with Gasteiger partial charge in [0.25, 0.3) is 5.91 Å². The Labute approximate surface area is 202 Å². The van der Waals surface area contributed by atoms with E-state index in [2.05, 4.69) is 23.9 Å². The number of hydrogen-bond donors (Lipinski definition) is 1. The molecule has 0 aliphatic carbocycles. The zero-order chi connectivity index (χ0) is 24.1. The van der Waals surface area contributed by atoms with Crippen LogP contribution in [0.4, 0.5) is 0 Å². The third-order valence-corrected chi connectivity index (χ3v) is 5.86. The van der Waals surface area contributed by atoms with Crippen LogP contribution in [-0.4, -0.2) is 47.3 Å². The van der Waals surface area contributed by atoms with E-state index < -0.39 is 5.91 Å². The molecule has 0 fully saturated rings. The molecule has 4 rings (SSSR count). The number of hydrogen-bond acceptors (Lipinski definition) is 7. The van der Waals surface area contributed by atoms with Crippen molar-refractivity contribution in [3.8, 4) is 17.2 Å². The van der Waals surface area contributed by atoms with E-state index in [9.17, 15) is 4.79 Å². The number of thioether (sulfide) groups is 1. The number of fused-ring (bicyclic) bond motifs is 1. The lowest BCUT2D eigenvalue weighted by molar-refractivity contribution is -0.114. The van der Waals surface area contributed by atoms with Crippen LogP contribution in [0.15, 0.2) is 64.2 Å². The highest BCUT2D eigenvalue weighted by Gasteiger charge is 2.35. The van der Waals surface area contributed by atoms with Gasteiger partial charge in [0.05, 0.1) is 12.7 Å². The van der Waals surface area contributed by atoms with E-state index in [1.54, 1.807) is 13.2 Å². The van der Waals surface area contributed by atoms with Crippen LogP contribution < -0.4 is 14.2 Å². The summed E-state index contributed by atoms with van der Waals surface area (Å²) in [5, 5.41) is 15.7. The molecule has 1 amide bonds. The number of methoxy groups -OCH3 is 1. The fourth-order valence-corrected chi connectivity index (χ4v) is 4.40. The molecule has 0 atom stereocenters. The van der Waals surface area contributed by atoms with Crippen molar-refractivity contribution >= 4 is 39.8 Å². The number of carbonyl (C=O) groups is 1. The van der Waals surface area contributed by atoms with Gasteiger partial charge in [-0.3, -0.25) is 10.2 Å². The average Bonchev–Trinajstić information content (AvgIpc) is 3.22. The molecule has 0 bridgehead atoms. The summed E-state index contributed by atoms with van der Waals surface area (Å²) in [6.07, 6.45) is 2.44. The summed E-state index contributed by atoms with van der Waals surface area (Å²) in [5.74, 6) is 2.17. The number of nitrogens with one attached hydrogen (secondary N) is 1. The minimum atomic E-state index is -0.431. The van der Waals surface area contributed by atoms with Crippen molar-refractivity contribution in [3.63, 3.8) is 0 Å². The maximum atomic E-state index is 12.5. The largest absolute Gasteiger partial charge is 0.497 e. The van der Waals surface area contributed by atoms with E-state index in [0.29, 0.717) is 35.8 Å². The zero-order valence-electron chi connectivity index (χ0n) is 19.3. The molecule has 2 aromatic carbocycles. The highest BCUT2D eigenvalue weighted by atomic mass is 32.2. The fourth-order valence-electron chi connectivity index (χ4n) is 3.30. The van der Waals surface area contributed by atoms with Crippen LogP contribution in [0.25, 0.3) is 6.08 Å². The first kappa shape index (κ1) is 23.6. The van der Waals surface area contributed by atoms with Crippen LogP contribution in [0, 0.1) is 11.3 Å².